The summed E-state index contributed by atoms with van der Waals surface area (Å²) in [6.45, 7) is 1.98. The van der Waals surface area contributed by atoms with Gasteiger partial charge in [0.1, 0.15) is 0 Å². The minimum Gasteiger partial charge on any atom is -0.481 e. The van der Waals surface area contributed by atoms with E-state index in [0.29, 0.717) is 5.88 Å². The molecule has 0 N–H and O–H groups in total. The molecule has 0 aromatic carbocycles. The van der Waals surface area contributed by atoms with Crippen molar-refractivity contribution in [1.29, 1.82) is 0 Å². The lowest BCUT2D eigenvalue weighted by Crippen LogP contribution is -1.89. The monoisotopic (exact) mass is 206 g/mol. The molecule has 14 heavy (non-hydrogen) atoms. The molecule has 0 bridgehead atoms. The van der Waals surface area contributed by atoms with Gasteiger partial charge in [0.25, 0.3) is 0 Å². The summed E-state index contributed by atoms with van der Waals surface area (Å²) in [5.41, 5.74) is 3.76. The summed E-state index contributed by atoms with van der Waals surface area (Å²) >= 11 is 1.59. The number of thiazole rings is 1. The van der Waals surface area contributed by atoms with Gasteiger partial charge in [-0.1, -0.05) is 6.07 Å². The van der Waals surface area contributed by atoms with E-state index in [1.54, 1.807) is 18.4 Å². The molecule has 72 valence electrons. The first-order valence-electron chi connectivity index (χ1n) is 4.23. The predicted octanol–water partition coefficient (Wildman–Crippen LogP) is 2.52. The van der Waals surface area contributed by atoms with Gasteiger partial charge in [-0.25, -0.2) is 9.97 Å². The number of methoxy groups -OCH3 is 1. The lowest BCUT2D eigenvalue weighted by Gasteiger charge is -2.01. The summed E-state index contributed by atoms with van der Waals surface area (Å²) < 4.78 is 5.07. The van der Waals surface area contributed by atoms with Gasteiger partial charge in [-0.3, -0.25) is 0 Å². The number of hydrogen-bond acceptors (Lipinski definition) is 4. The molecule has 0 saturated heterocycles. The SMILES string of the molecule is COc1cccc(-c2scnc2C)n1. The maximum absolute atomic E-state index is 5.07. The first-order valence-corrected chi connectivity index (χ1v) is 5.10. The van der Waals surface area contributed by atoms with E-state index in [0.717, 1.165) is 16.3 Å². The van der Waals surface area contributed by atoms with Crippen molar-refractivity contribution >= 4 is 11.3 Å². The summed E-state index contributed by atoms with van der Waals surface area (Å²) in [5, 5.41) is 0. The summed E-state index contributed by atoms with van der Waals surface area (Å²) in [7, 11) is 1.62. The summed E-state index contributed by atoms with van der Waals surface area (Å²) in [4.78, 5) is 9.63. The van der Waals surface area contributed by atoms with Gasteiger partial charge >= 0.3 is 0 Å². The third-order valence-corrected chi connectivity index (χ3v) is 2.86. The van der Waals surface area contributed by atoms with E-state index in [-0.39, 0.29) is 0 Å². The van der Waals surface area contributed by atoms with Crippen molar-refractivity contribution in [2.45, 2.75) is 6.92 Å². The summed E-state index contributed by atoms with van der Waals surface area (Å²) in [6, 6.07) is 5.73. The number of hydrogen-bond donors (Lipinski definition) is 0. The molecule has 4 heteroatoms. The molecule has 0 atom stereocenters. The molecule has 2 aromatic rings. The van der Waals surface area contributed by atoms with Crippen molar-refractivity contribution in [3.05, 3.63) is 29.4 Å². The third-order valence-electron chi connectivity index (χ3n) is 1.91. The number of pyridine rings is 1. The average Bonchev–Trinajstić information content (AvgIpc) is 2.65. The van der Waals surface area contributed by atoms with Gasteiger partial charge in [-0.05, 0) is 13.0 Å². The van der Waals surface area contributed by atoms with Crippen LogP contribution in [0.5, 0.6) is 5.88 Å². The van der Waals surface area contributed by atoms with Crippen molar-refractivity contribution in [1.82, 2.24) is 9.97 Å². The van der Waals surface area contributed by atoms with E-state index >= 15 is 0 Å². The number of aryl methyl sites for hydroxylation is 1. The highest BCUT2D eigenvalue weighted by Crippen LogP contribution is 2.26. The van der Waals surface area contributed by atoms with Crippen LogP contribution in [-0.4, -0.2) is 17.1 Å². The van der Waals surface area contributed by atoms with Crippen LogP contribution in [0.25, 0.3) is 10.6 Å². The van der Waals surface area contributed by atoms with E-state index in [2.05, 4.69) is 9.97 Å². The standard InChI is InChI=1S/C10H10N2OS/c1-7-10(14-6-11-7)8-4-3-5-9(12-8)13-2/h3-6H,1-2H3. The molecule has 0 fully saturated rings. The zero-order chi connectivity index (χ0) is 9.97. The fourth-order valence-electron chi connectivity index (χ4n) is 1.20. The van der Waals surface area contributed by atoms with Gasteiger partial charge in [-0.15, -0.1) is 11.3 Å². The van der Waals surface area contributed by atoms with E-state index in [9.17, 15) is 0 Å². The smallest absolute Gasteiger partial charge is 0.213 e. The highest BCUT2D eigenvalue weighted by atomic mass is 32.1. The lowest BCUT2D eigenvalue weighted by atomic mass is 10.3. The Morgan fingerprint density at radius 2 is 2.21 bits per heavy atom. The van der Waals surface area contributed by atoms with Gasteiger partial charge < -0.3 is 4.74 Å². The van der Waals surface area contributed by atoms with Crippen LogP contribution in [0.4, 0.5) is 0 Å². The average molecular weight is 206 g/mol. The van der Waals surface area contributed by atoms with E-state index in [1.807, 2.05) is 30.6 Å². The third kappa shape index (κ3) is 1.61. The van der Waals surface area contributed by atoms with Crippen LogP contribution in [-0.2, 0) is 0 Å². The molecule has 2 aromatic heterocycles. The molecule has 0 saturated carbocycles. The fraction of sp³-hybridized carbons (Fsp3) is 0.200. The molecule has 2 heterocycles. The Bertz CT molecular complexity index is 439. The second-order valence-electron chi connectivity index (χ2n) is 2.83. The molecular formula is C10H10N2OS. The van der Waals surface area contributed by atoms with Crippen LogP contribution in [0.3, 0.4) is 0 Å². The number of aromatic nitrogens is 2. The maximum atomic E-state index is 5.07. The van der Waals surface area contributed by atoms with Crippen LogP contribution >= 0.6 is 11.3 Å². The number of nitrogens with zero attached hydrogens (tertiary/aromatic N) is 2. The Morgan fingerprint density at radius 1 is 1.36 bits per heavy atom. The second kappa shape index (κ2) is 3.75. The Hall–Kier alpha value is -1.42. The Morgan fingerprint density at radius 3 is 2.86 bits per heavy atom. The molecule has 0 unspecified atom stereocenters. The predicted molar refractivity (Wildman–Crippen MR) is 56.6 cm³/mol. The first-order chi connectivity index (χ1) is 6.81. The van der Waals surface area contributed by atoms with Gasteiger partial charge in [0, 0.05) is 6.07 Å². The van der Waals surface area contributed by atoms with Crippen LogP contribution in [0, 0.1) is 6.92 Å². The summed E-state index contributed by atoms with van der Waals surface area (Å²) in [5.74, 6) is 0.635. The quantitative estimate of drug-likeness (QED) is 0.757. The van der Waals surface area contributed by atoms with Crippen molar-refractivity contribution in [3.8, 4) is 16.5 Å². The minimum atomic E-state index is 0.635. The van der Waals surface area contributed by atoms with Crippen LogP contribution < -0.4 is 4.74 Å². The van der Waals surface area contributed by atoms with Gasteiger partial charge in [0.2, 0.25) is 5.88 Å². The van der Waals surface area contributed by atoms with Crippen molar-refractivity contribution < 1.29 is 4.74 Å². The molecule has 0 radical (unpaired) electrons. The lowest BCUT2D eigenvalue weighted by molar-refractivity contribution is 0.398. The minimum absolute atomic E-state index is 0.635. The molecule has 0 amide bonds. The van der Waals surface area contributed by atoms with E-state index < -0.39 is 0 Å². The van der Waals surface area contributed by atoms with Gasteiger partial charge in [0.05, 0.1) is 28.9 Å². The fourth-order valence-corrected chi connectivity index (χ4v) is 1.98. The van der Waals surface area contributed by atoms with Gasteiger partial charge in [0.15, 0.2) is 0 Å². The first kappa shape index (κ1) is 9.15. The zero-order valence-corrected chi connectivity index (χ0v) is 8.84. The van der Waals surface area contributed by atoms with Crippen molar-refractivity contribution in [2.75, 3.05) is 7.11 Å². The zero-order valence-electron chi connectivity index (χ0n) is 8.02. The molecule has 0 aliphatic heterocycles. The normalized spacial score (nSPS) is 10.1. The number of ether oxygens (including phenoxy) is 1. The molecular weight excluding hydrogens is 196 g/mol. The van der Waals surface area contributed by atoms with Crippen molar-refractivity contribution in [2.24, 2.45) is 0 Å². The number of rotatable bonds is 2. The topological polar surface area (TPSA) is 35.0 Å². The largest absolute Gasteiger partial charge is 0.481 e. The van der Waals surface area contributed by atoms with Crippen LogP contribution in [0.2, 0.25) is 0 Å². The maximum Gasteiger partial charge on any atom is 0.213 e. The Balaban J connectivity index is 2.47. The highest BCUT2D eigenvalue weighted by molar-refractivity contribution is 7.13. The molecule has 0 spiro atoms. The van der Waals surface area contributed by atoms with E-state index in [1.165, 1.54) is 0 Å². The Kier molecular flexibility index (Phi) is 2.45. The molecule has 3 nitrogen and oxygen atoms in total. The van der Waals surface area contributed by atoms with Crippen LogP contribution in [0.15, 0.2) is 23.7 Å². The highest BCUT2D eigenvalue weighted by Gasteiger charge is 2.06. The molecule has 0 aliphatic rings. The summed E-state index contributed by atoms with van der Waals surface area (Å²) in [6.07, 6.45) is 0. The second-order valence-corrected chi connectivity index (χ2v) is 3.69. The Labute approximate surface area is 86.4 Å². The van der Waals surface area contributed by atoms with E-state index in [4.69, 9.17) is 4.74 Å². The van der Waals surface area contributed by atoms with Crippen LogP contribution in [0.1, 0.15) is 5.69 Å². The van der Waals surface area contributed by atoms with Gasteiger partial charge in [-0.2, -0.15) is 0 Å². The molecule has 2 rings (SSSR count). The molecule has 0 aliphatic carbocycles. The van der Waals surface area contributed by atoms with Crippen molar-refractivity contribution in [3.63, 3.8) is 0 Å².